The molecule has 30 heavy (non-hydrogen) atoms. The number of nitrogens with zero attached hydrogens (tertiary/aromatic N) is 2. The Bertz CT molecular complexity index is 890. The van der Waals surface area contributed by atoms with Gasteiger partial charge in [-0.3, -0.25) is 9.69 Å². The van der Waals surface area contributed by atoms with Crippen LogP contribution in [0.15, 0.2) is 42.5 Å². The van der Waals surface area contributed by atoms with Crippen LogP contribution in [0.25, 0.3) is 0 Å². The molecule has 2 aromatic carbocycles. The molecule has 3 rings (SSSR count). The molecule has 0 saturated carbocycles. The average Bonchev–Trinajstić information content (AvgIpc) is 2.73. The van der Waals surface area contributed by atoms with Crippen LogP contribution < -0.4 is 10.2 Å². The van der Waals surface area contributed by atoms with Crippen molar-refractivity contribution in [2.24, 2.45) is 0 Å². The van der Waals surface area contributed by atoms with Gasteiger partial charge in [0.2, 0.25) is 5.91 Å². The number of benzene rings is 2. The van der Waals surface area contributed by atoms with E-state index in [2.05, 4.69) is 47.2 Å². The molecule has 1 N–H and O–H groups in total. The summed E-state index contributed by atoms with van der Waals surface area (Å²) in [5.41, 5.74) is 3.50. The minimum atomic E-state index is -4.39. The molecule has 0 aromatic heterocycles. The van der Waals surface area contributed by atoms with Gasteiger partial charge in [-0.1, -0.05) is 24.3 Å². The number of hydrogen-bond donors (Lipinski definition) is 1. The predicted molar refractivity (Wildman–Crippen MR) is 112 cm³/mol. The largest absolute Gasteiger partial charge is 0.416 e. The first-order valence-electron chi connectivity index (χ1n) is 10.2. The van der Waals surface area contributed by atoms with Gasteiger partial charge in [-0.2, -0.15) is 13.2 Å². The molecule has 1 fully saturated rings. The highest BCUT2D eigenvalue weighted by Crippen LogP contribution is 2.29. The molecule has 1 amide bonds. The van der Waals surface area contributed by atoms with Crippen LogP contribution in [0, 0.1) is 13.8 Å². The lowest BCUT2D eigenvalue weighted by atomic mass is 10.1. The van der Waals surface area contributed by atoms with Crippen molar-refractivity contribution in [3.8, 4) is 0 Å². The van der Waals surface area contributed by atoms with Crippen molar-refractivity contribution in [2.45, 2.75) is 39.5 Å². The van der Waals surface area contributed by atoms with Crippen LogP contribution in [0.4, 0.5) is 18.9 Å². The Labute approximate surface area is 175 Å². The van der Waals surface area contributed by atoms with Crippen LogP contribution in [-0.2, 0) is 17.5 Å². The van der Waals surface area contributed by atoms with E-state index in [-0.39, 0.29) is 18.5 Å². The summed E-state index contributed by atoms with van der Waals surface area (Å²) in [5.74, 6) is -0.174. The Morgan fingerprint density at radius 1 is 1.07 bits per heavy atom. The Morgan fingerprint density at radius 3 is 2.40 bits per heavy atom. The summed E-state index contributed by atoms with van der Waals surface area (Å²) < 4.78 is 38.5. The first kappa shape index (κ1) is 22.2. The molecule has 162 valence electrons. The third kappa shape index (κ3) is 5.14. The van der Waals surface area contributed by atoms with Crippen molar-refractivity contribution in [3.05, 3.63) is 64.7 Å². The number of nitrogens with one attached hydrogen (secondary N) is 1. The summed E-state index contributed by atoms with van der Waals surface area (Å²) in [5, 5.41) is 2.77. The van der Waals surface area contributed by atoms with E-state index in [1.165, 1.54) is 22.9 Å². The second-order valence-corrected chi connectivity index (χ2v) is 7.83. The molecule has 0 aliphatic carbocycles. The molecule has 0 radical (unpaired) electrons. The molecule has 4 nitrogen and oxygen atoms in total. The quantitative estimate of drug-likeness (QED) is 0.791. The Hall–Kier alpha value is -2.54. The number of alkyl halides is 3. The third-order valence-corrected chi connectivity index (χ3v) is 5.88. The van der Waals surface area contributed by atoms with Gasteiger partial charge in [-0.15, -0.1) is 0 Å². The predicted octanol–water partition coefficient (Wildman–Crippen LogP) is 4.15. The zero-order chi connectivity index (χ0) is 21.9. The van der Waals surface area contributed by atoms with E-state index in [0.717, 1.165) is 38.3 Å². The minimum Gasteiger partial charge on any atom is -0.369 e. The van der Waals surface area contributed by atoms with Crippen LogP contribution in [0.3, 0.4) is 0 Å². The molecule has 0 bridgehead atoms. The zero-order valence-electron chi connectivity index (χ0n) is 17.6. The van der Waals surface area contributed by atoms with Crippen LogP contribution in [-0.4, -0.2) is 43.0 Å². The average molecular weight is 419 g/mol. The van der Waals surface area contributed by atoms with Crippen molar-refractivity contribution in [1.82, 2.24) is 10.2 Å². The number of carbonyl (C=O) groups excluding carboxylic acids is 1. The van der Waals surface area contributed by atoms with E-state index < -0.39 is 11.7 Å². The summed E-state index contributed by atoms with van der Waals surface area (Å²) in [7, 11) is 0. The van der Waals surface area contributed by atoms with E-state index in [0.29, 0.717) is 5.56 Å². The fraction of sp³-hybridized carbons (Fsp3) is 0.435. The van der Waals surface area contributed by atoms with Gasteiger partial charge >= 0.3 is 6.18 Å². The van der Waals surface area contributed by atoms with Crippen LogP contribution in [0.5, 0.6) is 0 Å². The Kier molecular flexibility index (Phi) is 6.71. The van der Waals surface area contributed by atoms with Crippen molar-refractivity contribution >= 4 is 11.6 Å². The number of halogens is 3. The summed E-state index contributed by atoms with van der Waals surface area (Å²) in [6, 6.07) is 11.0. The monoisotopic (exact) mass is 419 g/mol. The number of carbonyl (C=O) groups is 1. The Morgan fingerprint density at radius 2 is 1.73 bits per heavy atom. The molecule has 0 spiro atoms. The van der Waals surface area contributed by atoms with Crippen molar-refractivity contribution in [3.63, 3.8) is 0 Å². The van der Waals surface area contributed by atoms with Crippen LogP contribution in [0.1, 0.15) is 29.2 Å². The Balaban J connectivity index is 1.53. The fourth-order valence-corrected chi connectivity index (χ4v) is 3.79. The number of aryl methyl sites for hydroxylation is 1. The maximum absolute atomic E-state index is 12.8. The lowest BCUT2D eigenvalue weighted by Gasteiger charge is -2.39. The topological polar surface area (TPSA) is 35.6 Å². The maximum atomic E-state index is 12.8. The molecule has 1 atom stereocenters. The zero-order valence-corrected chi connectivity index (χ0v) is 17.6. The van der Waals surface area contributed by atoms with Crippen molar-refractivity contribution < 1.29 is 18.0 Å². The smallest absolute Gasteiger partial charge is 0.369 e. The minimum absolute atomic E-state index is 0.0789. The van der Waals surface area contributed by atoms with Gasteiger partial charge in [0.1, 0.15) is 0 Å². The second kappa shape index (κ2) is 9.08. The SMILES string of the molecule is Cc1cccc(N2CCN([C@@H](C)C(=O)NCc3cccc(C(F)(F)F)c3)CC2)c1C. The van der Waals surface area contributed by atoms with E-state index in [9.17, 15) is 18.0 Å². The van der Waals surface area contributed by atoms with E-state index in [1.807, 2.05) is 6.92 Å². The summed E-state index contributed by atoms with van der Waals surface area (Å²) in [4.78, 5) is 17.0. The maximum Gasteiger partial charge on any atom is 0.416 e. The standard InChI is InChI=1S/C23H28F3N3O/c1-16-6-4-9-21(17(16)2)29-12-10-28(11-13-29)18(3)22(30)27-15-19-7-5-8-20(14-19)23(24,25)26/h4-9,14,18H,10-13,15H2,1-3H3,(H,27,30)/t18-/m0/s1. The highest BCUT2D eigenvalue weighted by atomic mass is 19.4. The highest BCUT2D eigenvalue weighted by molar-refractivity contribution is 5.81. The van der Waals surface area contributed by atoms with E-state index in [4.69, 9.17) is 0 Å². The van der Waals surface area contributed by atoms with Crippen LogP contribution in [0.2, 0.25) is 0 Å². The number of rotatable bonds is 5. The molecular formula is C23H28F3N3O. The molecule has 1 heterocycles. The van der Waals surface area contributed by atoms with Gasteiger partial charge < -0.3 is 10.2 Å². The van der Waals surface area contributed by atoms with Gasteiger partial charge in [0.25, 0.3) is 0 Å². The van der Waals surface area contributed by atoms with Crippen molar-refractivity contribution in [2.75, 3.05) is 31.1 Å². The molecule has 2 aromatic rings. The van der Waals surface area contributed by atoms with Gasteiger partial charge in [0, 0.05) is 38.4 Å². The molecule has 7 heteroatoms. The van der Waals surface area contributed by atoms with Crippen LogP contribution >= 0.6 is 0 Å². The highest BCUT2D eigenvalue weighted by Gasteiger charge is 2.30. The van der Waals surface area contributed by atoms with Gasteiger partial charge in [-0.25, -0.2) is 0 Å². The lowest BCUT2D eigenvalue weighted by Crippen LogP contribution is -2.54. The molecule has 0 unspecified atom stereocenters. The fourth-order valence-electron chi connectivity index (χ4n) is 3.79. The number of piperazine rings is 1. The third-order valence-electron chi connectivity index (χ3n) is 5.88. The summed E-state index contributed by atoms with van der Waals surface area (Å²) in [6.07, 6.45) is -4.39. The van der Waals surface area contributed by atoms with E-state index in [1.54, 1.807) is 6.07 Å². The first-order chi connectivity index (χ1) is 14.2. The van der Waals surface area contributed by atoms with Gasteiger partial charge in [-0.05, 0) is 55.7 Å². The van der Waals surface area contributed by atoms with E-state index >= 15 is 0 Å². The van der Waals surface area contributed by atoms with Crippen molar-refractivity contribution in [1.29, 1.82) is 0 Å². The number of anilines is 1. The molecule has 1 aliphatic heterocycles. The second-order valence-electron chi connectivity index (χ2n) is 7.83. The van der Waals surface area contributed by atoms with Gasteiger partial charge in [0.05, 0.1) is 11.6 Å². The first-order valence-corrected chi connectivity index (χ1v) is 10.2. The molecule has 1 saturated heterocycles. The summed E-state index contributed by atoms with van der Waals surface area (Å²) in [6.45, 7) is 9.32. The molecule has 1 aliphatic rings. The lowest BCUT2D eigenvalue weighted by molar-refractivity contribution is -0.137. The van der Waals surface area contributed by atoms with Gasteiger partial charge in [0.15, 0.2) is 0 Å². The molecular weight excluding hydrogens is 391 g/mol. The summed E-state index contributed by atoms with van der Waals surface area (Å²) >= 11 is 0. The number of amides is 1. The number of hydrogen-bond acceptors (Lipinski definition) is 3. The normalized spacial score (nSPS) is 16.4.